The highest BCUT2D eigenvalue weighted by Gasteiger charge is 2.33. The first kappa shape index (κ1) is 18.3. The summed E-state index contributed by atoms with van der Waals surface area (Å²) in [5.74, 6) is -0.839. The van der Waals surface area contributed by atoms with Gasteiger partial charge in [0.2, 0.25) is 5.91 Å². The van der Waals surface area contributed by atoms with Crippen molar-refractivity contribution in [2.75, 3.05) is 38.5 Å². The van der Waals surface area contributed by atoms with E-state index in [2.05, 4.69) is 20.5 Å². The number of anilines is 1. The van der Waals surface area contributed by atoms with Crippen LogP contribution >= 0.6 is 0 Å². The van der Waals surface area contributed by atoms with Crippen molar-refractivity contribution >= 4 is 23.4 Å². The van der Waals surface area contributed by atoms with Gasteiger partial charge in [0.15, 0.2) is 0 Å². The molecule has 2 aromatic rings. The zero-order valence-electron chi connectivity index (χ0n) is 15.5. The van der Waals surface area contributed by atoms with Gasteiger partial charge in [-0.2, -0.15) is 0 Å². The Morgan fingerprint density at radius 1 is 1.25 bits per heavy atom. The number of hydrogen-bond acceptors (Lipinski definition) is 6. The molecule has 0 spiro atoms. The lowest BCUT2D eigenvalue weighted by molar-refractivity contribution is -0.118. The van der Waals surface area contributed by atoms with Crippen LogP contribution in [0.5, 0.6) is 0 Å². The summed E-state index contributed by atoms with van der Waals surface area (Å²) in [6.45, 7) is 2.53. The van der Waals surface area contributed by atoms with Crippen LogP contribution in [0.25, 0.3) is 0 Å². The van der Waals surface area contributed by atoms with Gasteiger partial charge < -0.3 is 10.6 Å². The second-order valence-corrected chi connectivity index (χ2v) is 6.95. The number of amides is 3. The van der Waals surface area contributed by atoms with Gasteiger partial charge in [0, 0.05) is 50.8 Å². The van der Waals surface area contributed by atoms with Crippen LogP contribution in [0, 0.1) is 0 Å². The molecule has 3 heterocycles. The molecule has 4 rings (SSSR count). The third-order valence-electron chi connectivity index (χ3n) is 5.14. The Morgan fingerprint density at radius 3 is 2.86 bits per heavy atom. The fourth-order valence-corrected chi connectivity index (χ4v) is 3.66. The van der Waals surface area contributed by atoms with Crippen LogP contribution in [-0.4, -0.2) is 65.7 Å². The molecule has 1 aromatic carbocycles. The second-order valence-electron chi connectivity index (χ2n) is 6.95. The van der Waals surface area contributed by atoms with Crippen molar-refractivity contribution in [2.24, 2.45) is 0 Å². The number of pyridine rings is 1. The highest BCUT2D eigenvalue weighted by atomic mass is 16.2. The molecule has 0 aliphatic carbocycles. The molecule has 0 bridgehead atoms. The predicted octanol–water partition coefficient (Wildman–Crippen LogP) is 0.892. The molecule has 3 amide bonds. The molecule has 8 heteroatoms. The molecule has 1 aromatic heterocycles. The van der Waals surface area contributed by atoms with E-state index in [1.165, 1.54) is 7.05 Å². The number of benzene rings is 1. The van der Waals surface area contributed by atoms with Gasteiger partial charge in [0.25, 0.3) is 11.8 Å². The minimum Gasteiger partial charge on any atom is -0.325 e. The van der Waals surface area contributed by atoms with E-state index in [1.54, 1.807) is 24.4 Å². The second kappa shape index (κ2) is 7.49. The summed E-state index contributed by atoms with van der Waals surface area (Å²) in [5, 5.41) is 6.19. The zero-order chi connectivity index (χ0) is 19.7. The van der Waals surface area contributed by atoms with E-state index in [0.29, 0.717) is 16.8 Å². The number of nitrogens with zero attached hydrogens (tertiary/aromatic N) is 3. The average Bonchev–Trinajstić information content (AvgIpc) is 2.93. The molecule has 144 valence electrons. The maximum Gasteiger partial charge on any atom is 0.261 e. The Labute approximate surface area is 162 Å². The van der Waals surface area contributed by atoms with Crippen molar-refractivity contribution in [3.05, 3.63) is 59.4 Å². The number of carbonyl (C=O) groups is 3. The minimum atomic E-state index is -0.352. The molecule has 2 N–H and O–H groups in total. The lowest BCUT2D eigenvalue weighted by Crippen LogP contribution is -2.48. The summed E-state index contributed by atoms with van der Waals surface area (Å²) >= 11 is 0. The van der Waals surface area contributed by atoms with Gasteiger partial charge >= 0.3 is 0 Å². The number of carbonyl (C=O) groups excluding carboxylic acids is 3. The average molecular weight is 379 g/mol. The smallest absolute Gasteiger partial charge is 0.261 e. The Kier molecular flexibility index (Phi) is 4.89. The molecule has 1 fully saturated rings. The van der Waals surface area contributed by atoms with Crippen molar-refractivity contribution in [1.29, 1.82) is 0 Å². The summed E-state index contributed by atoms with van der Waals surface area (Å²) < 4.78 is 0. The highest BCUT2D eigenvalue weighted by molar-refractivity contribution is 6.21. The van der Waals surface area contributed by atoms with Crippen molar-refractivity contribution < 1.29 is 14.4 Å². The van der Waals surface area contributed by atoms with Crippen LogP contribution in [0.15, 0.2) is 42.7 Å². The number of aromatic nitrogens is 1. The number of piperazine rings is 1. The Morgan fingerprint density at radius 2 is 2.07 bits per heavy atom. The van der Waals surface area contributed by atoms with Crippen LogP contribution in [0.3, 0.4) is 0 Å². The molecule has 1 atom stereocenters. The van der Waals surface area contributed by atoms with Crippen molar-refractivity contribution in [3.63, 3.8) is 0 Å². The van der Waals surface area contributed by atoms with Crippen molar-refractivity contribution in [1.82, 2.24) is 20.1 Å². The van der Waals surface area contributed by atoms with E-state index in [1.807, 2.05) is 18.3 Å². The molecule has 2 aliphatic heterocycles. The molecule has 1 saturated heterocycles. The first-order chi connectivity index (χ1) is 13.5. The number of fused-ring (bicyclic) bond motifs is 1. The first-order valence-electron chi connectivity index (χ1n) is 9.15. The van der Waals surface area contributed by atoms with Crippen LogP contribution in [0.2, 0.25) is 0 Å². The number of imide groups is 1. The standard InChI is InChI=1S/C20H21N5O3/c1-24-19(27)15-5-4-14(9-16(15)20(24)28)23-18(26)12-25-8-7-22-11-17(25)13-3-2-6-21-10-13/h2-6,9-10,17,22H,7-8,11-12H2,1H3,(H,23,26). The number of rotatable bonds is 4. The van der Waals surface area contributed by atoms with Crippen LogP contribution < -0.4 is 10.6 Å². The molecule has 2 aliphatic rings. The Hall–Kier alpha value is -3.10. The monoisotopic (exact) mass is 379 g/mol. The Bertz CT molecular complexity index is 931. The van der Waals surface area contributed by atoms with Gasteiger partial charge in [0.05, 0.1) is 17.7 Å². The van der Waals surface area contributed by atoms with Gasteiger partial charge in [-0.05, 0) is 29.8 Å². The molecule has 0 radical (unpaired) electrons. The molecule has 28 heavy (non-hydrogen) atoms. The van der Waals surface area contributed by atoms with E-state index in [-0.39, 0.29) is 30.3 Å². The van der Waals surface area contributed by atoms with Gasteiger partial charge in [-0.25, -0.2) is 0 Å². The maximum absolute atomic E-state index is 12.6. The first-order valence-corrected chi connectivity index (χ1v) is 9.15. The summed E-state index contributed by atoms with van der Waals surface area (Å²) in [6, 6.07) is 8.76. The number of hydrogen-bond donors (Lipinski definition) is 2. The molecule has 0 saturated carbocycles. The minimum absolute atomic E-state index is 0.0704. The van der Waals surface area contributed by atoms with E-state index in [9.17, 15) is 14.4 Å². The Balaban J connectivity index is 1.46. The molecular weight excluding hydrogens is 358 g/mol. The van der Waals surface area contributed by atoms with Gasteiger partial charge in [0.1, 0.15) is 0 Å². The van der Waals surface area contributed by atoms with Gasteiger partial charge in [-0.15, -0.1) is 0 Å². The third-order valence-corrected chi connectivity index (χ3v) is 5.14. The fourth-order valence-electron chi connectivity index (χ4n) is 3.66. The van der Waals surface area contributed by atoms with Crippen molar-refractivity contribution in [2.45, 2.75) is 6.04 Å². The van der Waals surface area contributed by atoms with Gasteiger partial charge in [-0.1, -0.05) is 6.07 Å². The van der Waals surface area contributed by atoms with E-state index < -0.39 is 0 Å². The van der Waals surface area contributed by atoms with Crippen LogP contribution in [0.4, 0.5) is 5.69 Å². The summed E-state index contributed by atoms with van der Waals surface area (Å²) in [7, 11) is 1.45. The molecule has 8 nitrogen and oxygen atoms in total. The summed E-state index contributed by atoms with van der Waals surface area (Å²) in [5.41, 5.74) is 2.25. The summed E-state index contributed by atoms with van der Waals surface area (Å²) in [4.78, 5) is 44.1. The largest absolute Gasteiger partial charge is 0.325 e. The SMILES string of the molecule is CN1C(=O)c2ccc(NC(=O)CN3CCNCC3c3cccnc3)cc2C1=O. The zero-order valence-corrected chi connectivity index (χ0v) is 15.5. The van der Waals surface area contributed by atoms with E-state index in [4.69, 9.17) is 0 Å². The third kappa shape index (κ3) is 3.39. The fraction of sp³-hybridized carbons (Fsp3) is 0.300. The van der Waals surface area contributed by atoms with Crippen LogP contribution in [-0.2, 0) is 4.79 Å². The summed E-state index contributed by atoms with van der Waals surface area (Å²) in [6.07, 6.45) is 3.55. The van der Waals surface area contributed by atoms with Crippen molar-refractivity contribution in [3.8, 4) is 0 Å². The number of nitrogens with one attached hydrogen (secondary N) is 2. The molecule has 1 unspecified atom stereocenters. The predicted molar refractivity (Wildman–Crippen MR) is 103 cm³/mol. The topological polar surface area (TPSA) is 94.6 Å². The van der Waals surface area contributed by atoms with Crippen LogP contribution in [0.1, 0.15) is 32.3 Å². The lowest BCUT2D eigenvalue weighted by atomic mass is 10.1. The quantitative estimate of drug-likeness (QED) is 0.767. The maximum atomic E-state index is 12.6. The highest BCUT2D eigenvalue weighted by Crippen LogP contribution is 2.25. The molecular formula is C20H21N5O3. The normalized spacial score (nSPS) is 19.6. The van der Waals surface area contributed by atoms with E-state index in [0.717, 1.165) is 30.1 Å². The lowest BCUT2D eigenvalue weighted by Gasteiger charge is -2.35. The van der Waals surface area contributed by atoms with E-state index >= 15 is 0 Å². The van der Waals surface area contributed by atoms with Gasteiger partial charge in [-0.3, -0.25) is 29.2 Å².